The summed E-state index contributed by atoms with van der Waals surface area (Å²) < 4.78 is 7.43. The molecular weight excluding hydrogens is 330 g/mol. The number of rotatable bonds is 4. The predicted octanol–water partition coefficient (Wildman–Crippen LogP) is 3.21. The lowest BCUT2D eigenvalue weighted by atomic mass is 10.1. The van der Waals surface area contributed by atoms with E-state index in [1.807, 2.05) is 38.1 Å². The van der Waals surface area contributed by atoms with Gasteiger partial charge in [-0.1, -0.05) is 18.2 Å². The van der Waals surface area contributed by atoms with Gasteiger partial charge in [-0.15, -0.1) is 0 Å². The number of furan rings is 1. The van der Waals surface area contributed by atoms with Crippen LogP contribution in [0, 0.1) is 6.92 Å². The fraction of sp³-hybridized carbons (Fsp3) is 0.158. The van der Waals surface area contributed by atoms with Crippen LogP contribution >= 0.6 is 0 Å². The van der Waals surface area contributed by atoms with E-state index in [1.165, 1.54) is 17.3 Å². The lowest BCUT2D eigenvalue weighted by Crippen LogP contribution is -2.27. The molecule has 1 N–H and O–H groups in total. The molecular formula is C19H17N5O2. The van der Waals surface area contributed by atoms with Gasteiger partial charge in [0.05, 0.1) is 6.04 Å². The van der Waals surface area contributed by atoms with Crippen LogP contribution in [0.15, 0.2) is 59.7 Å². The Morgan fingerprint density at radius 2 is 2.12 bits per heavy atom. The molecule has 1 aromatic carbocycles. The van der Waals surface area contributed by atoms with Crippen LogP contribution in [0.1, 0.15) is 34.6 Å². The standard InChI is InChI=1S/C19H17N5O2/c1-12-15-5-3-4-6-16(15)26-18(12)13(2)23-19(25)14-7-8-21-17(9-14)24-11-20-10-22-24/h3-11,13H,1-2H3,(H,23,25)/t13-/m1/s1. The number of aromatic nitrogens is 4. The summed E-state index contributed by atoms with van der Waals surface area (Å²) in [5.41, 5.74) is 2.34. The number of benzene rings is 1. The van der Waals surface area contributed by atoms with E-state index in [-0.39, 0.29) is 11.9 Å². The van der Waals surface area contributed by atoms with Crippen LogP contribution in [-0.4, -0.2) is 25.7 Å². The lowest BCUT2D eigenvalue weighted by Gasteiger charge is -2.13. The first-order chi connectivity index (χ1) is 12.6. The van der Waals surface area contributed by atoms with Crippen LogP contribution < -0.4 is 5.32 Å². The molecule has 0 aliphatic carbocycles. The van der Waals surface area contributed by atoms with E-state index in [4.69, 9.17) is 4.42 Å². The number of pyridine rings is 1. The first kappa shape index (κ1) is 16.0. The largest absolute Gasteiger partial charge is 0.459 e. The number of hydrogen-bond acceptors (Lipinski definition) is 5. The second kappa shape index (κ2) is 6.44. The molecule has 1 atom stereocenters. The number of hydrogen-bond donors (Lipinski definition) is 1. The smallest absolute Gasteiger partial charge is 0.252 e. The predicted molar refractivity (Wildman–Crippen MR) is 96.0 cm³/mol. The minimum atomic E-state index is -0.266. The Kier molecular flexibility index (Phi) is 3.96. The van der Waals surface area contributed by atoms with Crippen molar-refractivity contribution in [2.45, 2.75) is 19.9 Å². The van der Waals surface area contributed by atoms with E-state index in [1.54, 1.807) is 18.3 Å². The van der Waals surface area contributed by atoms with E-state index >= 15 is 0 Å². The van der Waals surface area contributed by atoms with Gasteiger partial charge in [0.2, 0.25) is 0 Å². The maximum Gasteiger partial charge on any atom is 0.252 e. The van der Waals surface area contributed by atoms with Crippen molar-refractivity contribution in [3.05, 3.63) is 72.1 Å². The SMILES string of the molecule is Cc1c([C@@H](C)NC(=O)c2ccnc(-n3cncn3)c2)oc2ccccc12. The second-order valence-electron chi connectivity index (χ2n) is 6.03. The van der Waals surface area contributed by atoms with Crippen molar-refractivity contribution in [1.82, 2.24) is 25.1 Å². The average molecular weight is 347 g/mol. The summed E-state index contributed by atoms with van der Waals surface area (Å²) in [5.74, 6) is 1.08. The van der Waals surface area contributed by atoms with Gasteiger partial charge in [-0.05, 0) is 32.0 Å². The molecule has 0 bridgehead atoms. The fourth-order valence-electron chi connectivity index (χ4n) is 2.96. The monoisotopic (exact) mass is 347 g/mol. The molecule has 130 valence electrons. The van der Waals surface area contributed by atoms with Crippen LogP contribution in [0.25, 0.3) is 16.8 Å². The average Bonchev–Trinajstić information content (AvgIpc) is 3.31. The molecule has 4 rings (SSSR count). The first-order valence-corrected chi connectivity index (χ1v) is 8.23. The summed E-state index contributed by atoms with van der Waals surface area (Å²) in [5, 5.41) is 8.07. The Hall–Kier alpha value is -3.48. The van der Waals surface area contributed by atoms with Crippen LogP contribution in [0.5, 0.6) is 0 Å². The molecule has 0 saturated carbocycles. The van der Waals surface area contributed by atoms with Crippen molar-refractivity contribution in [1.29, 1.82) is 0 Å². The Morgan fingerprint density at radius 3 is 2.88 bits per heavy atom. The van der Waals surface area contributed by atoms with Crippen molar-refractivity contribution in [3.63, 3.8) is 0 Å². The highest BCUT2D eigenvalue weighted by atomic mass is 16.3. The second-order valence-corrected chi connectivity index (χ2v) is 6.03. The summed E-state index contributed by atoms with van der Waals surface area (Å²) >= 11 is 0. The van der Waals surface area contributed by atoms with Gasteiger partial charge >= 0.3 is 0 Å². The van der Waals surface area contributed by atoms with E-state index in [0.29, 0.717) is 11.4 Å². The summed E-state index contributed by atoms with van der Waals surface area (Å²) in [6, 6.07) is 10.9. The molecule has 0 aliphatic heterocycles. The normalized spacial score (nSPS) is 12.2. The van der Waals surface area contributed by atoms with Crippen LogP contribution in [0.4, 0.5) is 0 Å². The number of nitrogens with zero attached hydrogens (tertiary/aromatic N) is 4. The summed E-state index contributed by atoms with van der Waals surface area (Å²) in [7, 11) is 0. The van der Waals surface area contributed by atoms with Crippen LogP contribution in [0.2, 0.25) is 0 Å². The molecule has 0 radical (unpaired) electrons. The number of amides is 1. The van der Waals surface area contributed by atoms with Crippen molar-refractivity contribution in [2.24, 2.45) is 0 Å². The molecule has 0 spiro atoms. The van der Waals surface area contributed by atoms with Gasteiger partial charge in [0.1, 0.15) is 24.0 Å². The number of aryl methyl sites for hydroxylation is 1. The molecule has 0 aliphatic rings. The van der Waals surface area contributed by atoms with E-state index < -0.39 is 0 Å². The Balaban J connectivity index is 1.57. The molecule has 0 fully saturated rings. The molecule has 26 heavy (non-hydrogen) atoms. The highest BCUT2D eigenvalue weighted by Gasteiger charge is 2.19. The zero-order chi connectivity index (χ0) is 18.1. The van der Waals surface area contributed by atoms with Gasteiger partial charge in [-0.25, -0.2) is 14.6 Å². The van der Waals surface area contributed by atoms with Gasteiger partial charge in [0.25, 0.3) is 5.91 Å². The third-order valence-electron chi connectivity index (χ3n) is 4.28. The minimum absolute atomic E-state index is 0.207. The highest BCUT2D eigenvalue weighted by molar-refractivity contribution is 5.94. The lowest BCUT2D eigenvalue weighted by molar-refractivity contribution is 0.0935. The van der Waals surface area contributed by atoms with Gasteiger partial charge in [0, 0.05) is 22.7 Å². The van der Waals surface area contributed by atoms with E-state index in [2.05, 4.69) is 20.4 Å². The van der Waals surface area contributed by atoms with Crippen molar-refractivity contribution < 1.29 is 9.21 Å². The fourth-order valence-corrected chi connectivity index (χ4v) is 2.96. The third kappa shape index (κ3) is 2.83. The summed E-state index contributed by atoms with van der Waals surface area (Å²) in [6.07, 6.45) is 4.52. The van der Waals surface area contributed by atoms with Crippen LogP contribution in [0.3, 0.4) is 0 Å². The zero-order valence-corrected chi connectivity index (χ0v) is 14.4. The van der Waals surface area contributed by atoms with Gasteiger partial charge in [-0.3, -0.25) is 4.79 Å². The number of carbonyl (C=O) groups excluding carboxylic acids is 1. The van der Waals surface area contributed by atoms with E-state index in [0.717, 1.165) is 22.3 Å². The molecule has 3 aromatic heterocycles. The van der Waals surface area contributed by atoms with Gasteiger partial charge < -0.3 is 9.73 Å². The summed E-state index contributed by atoms with van der Waals surface area (Å²) in [6.45, 7) is 3.90. The maximum atomic E-state index is 12.7. The van der Waals surface area contributed by atoms with Gasteiger partial charge in [-0.2, -0.15) is 5.10 Å². The topological polar surface area (TPSA) is 85.8 Å². The molecule has 3 heterocycles. The Bertz CT molecular complexity index is 1070. The van der Waals surface area contributed by atoms with Crippen molar-refractivity contribution in [2.75, 3.05) is 0 Å². The molecule has 0 saturated heterocycles. The first-order valence-electron chi connectivity index (χ1n) is 8.23. The molecule has 7 nitrogen and oxygen atoms in total. The number of nitrogens with one attached hydrogen (secondary N) is 1. The van der Waals surface area contributed by atoms with Crippen molar-refractivity contribution in [3.8, 4) is 5.82 Å². The Labute approximate surface area is 149 Å². The van der Waals surface area contributed by atoms with E-state index in [9.17, 15) is 4.79 Å². The van der Waals surface area contributed by atoms with Crippen molar-refractivity contribution >= 4 is 16.9 Å². The number of para-hydroxylation sites is 1. The maximum absolute atomic E-state index is 12.7. The molecule has 7 heteroatoms. The molecule has 1 amide bonds. The third-order valence-corrected chi connectivity index (χ3v) is 4.28. The highest BCUT2D eigenvalue weighted by Crippen LogP contribution is 2.29. The minimum Gasteiger partial charge on any atom is -0.459 e. The van der Waals surface area contributed by atoms with Gasteiger partial charge in [0.15, 0.2) is 5.82 Å². The number of carbonyl (C=O) groups is 1. The quantitative estimate of drug-likeness (QED) is 0.613. The number of fused-ring (bicyclic) bond motifs is 1. The molecule has 4 aromatic rings. The Morgan fingerprint density at radius 1 is 1.27 bits per heavy atom. The van der Waals surface area contributed by atoms with Crippen LogP contribution in [-0.2, 0) is 0 Å². The zero-order valence-electron chi connectivity index (χ0n) is 14.4. The summed E-state index contributed by atoms with van der Waals surface area (Å²) in [4.78, 5) is 20.7. The molecule has 0 unspecified atom stereocenters.